The third-order valence-electron chi connectivity index (χ3n) is 3.24. The second kappa shape index (κ2) is 6.51. The van der Waals surface area contributed by atoms with Gasteiger partial charge in [-0.2, -0.15) is 13.9 Å². The van der Waals surface area contributed by atoms with E-state index in [0.29, 0.717) is 4.68 Å². The molecule has 0 saturated heterocycles. The molecular formula is C14H9F4N5OS. The largest absolute Gasteiger partial charge is 0.396 e. The lowest BCUT2D eigenvalue weighted by atomic mass is 10.1. The molecule has 2 heterocycles. The number of thiazole rings is 1. The molecule has 0 spiro atoms. The number of nitrogen functional groups attached to an aromatic ring is 1. The van der Waals surface area contributed by atoms with Crippen molar-refractivity contribution in [2.75, 3.05) is 11.1 Å². The van der Waals surface area contributed by atoms with E-state index >= 15 is 0 Å². The van der Waals surface area contributed by atoms with Crippen LogP contribution in [0, 0.1) is 11.6 Å². The van der Waals surface area contributed by atoms with Gasteiger partial charge in [0.25, 0.3) is 5.91 Å². The van der Waals surface area contributed by atoms with Crippen molar-refractivity contribution in [1.82, 2.24) is 14.8 Å². The Morgan fingerprint density at radius 2 is 2.08 bits per heavy atom. The van der Waals surface area contributed by atoms with Crippen molar-refractivity contribution in [2.45, 2.75) is 6.55 Å². The molecule has 0 unspecified atom stereocenters. The van der Waals surface area contributed by atoms with Gasteiger partial charge in [0.15, 0.2) is 11.6 Å². The normalized spacial score (nSPS) is 11.1. The van der Waals surface area contributed by atoms with Gasteiger partial charge >= 0.3 is 6.55 Å². The number of anilines is 2. The quantitative estimate of drug-likeness (QED) is 0.543. The lowest BCUT2D eigenvalue weighted by Crippen LogP contribution is -2.16. The molecule has 3 rings (SSSR count). The van der Waals surface area contributed by atoms with E-state index in [9.17, 15) is 22.4 Å². The lowest BCUT2D eigenvalue weighted by Gasteiger charge is -2.12. The summed E-state index contributed by atoms with van der Waals surface area (Å²) in [4.78, 5) is 15.7. The second-order valence-electron chi connectivity index (χ2n) is 4.83. The molecule has 3 N–H and O–H groups in total. The Labute approximate surface area is 141 Å². The van der Waals surface area contributed by atoms with Crippen molar-refractivity contribution in [2.24, 2.45) is 0 Å². The number of nitrogens with two attached hydrogens (primary N) is 1. The minimum absolute atomic E-state index is 0.0294. The van der Waals surface area contributed by atoms with Gasteiger partial charge in [-0.05, 0) is 6.07 Å². The maximum atomic E-state index is 14.7. The summed E-state index contributed by atoms with van der Waals surface area (Å²) in [5.41, 5.74) is 5.27. The fourth-order valence-electron chi connectivity index (χ4n) is 2.06. The number of nitrogens with one attached hydrogen (secondary N) is 1. The summed E-state index contributed by atoms with van der Waals surface area (Å²) in [5, 5.41) is 6.84. The highest BCUT2D eigenvalue weighted by Gasteiger charge is 2.22. The summed E-state index contributed by atoms with van der Waals surface area (Å²) in [6.07, 6.45) is 1.86. The first-order valence-electron chi connectivity index (χ1n) is 6.68. The first kappa shape index (κ1) is 16.9. The zero-order chi connectivity index (χ0) is 18.1. The minimum Gasteiger partial charge on any atom is -0.396 e. The molecule has 1 amide bonds. The van der Waals surface area contributed by atoms with Crippen LogP contribution in [-0.2, 0) is 0 Å². The molecule has 0 aliphatic rings. The van der Waals surface area contributed by atoms with Gasteiger partial charge in [0.2, 0.25) is 0 Å². The molecule has 0 aliphatic heterocycles. The molecule has 2 aromatic heterocycles. The molecule has 3 aromatic rings. The maximum absolute atomic E-state index is 14.7. The standard InChI is InChI=1S/C14H9F4N5OS/c15-10-7(6-2-21-23(3-6)14(17)18)1-8(19)11(16)12(10)22-13(24)9-4-25-5-20-9/h1-5,14H,19H2,(H,22,24). The third-order valence-corrected chi connectivity index (χ3v) is 3.83. The van der Waals surface area contributed by atoms with Crippen LogP contribution in [0.3, 0.4) is 0 Å². The Hall–Kier alpha value is -2.95. The van der Waals surface area contributed by atoms with Gasteiger partial charge < -0.3 is 11.1 Å². The topological polar surface area (TPSA) is 85.8 Å². The molecule has 0 aliphatic carbocycles. The number of benzene rings is 1. The summed E-state index contributed by atoms with van der Waals surface area (Å²) in [6, 6.07) is 0.940. The number of nitrogens with zero attached hydrogens (tertiary/aromatic N) is 3. The van der Waals surface area contributed by atoms with Crippen molar-refractivity contribution in [3.63, 3.8) is 0 Å². The first-order valence-corrected chi connectivity index (χ1v) is 7.62. The highest BCUT2D eigenvalue weighted by molar-refractivity contribution is 7.07. The van der Waals surface area contributed by atoms with E-state index in [-0.39, 0.29) is 16.8 Å². The van der Waals surface area contributed by atoms with Gasteiger partial charge in [0.1, 0.15) is 11.4 Å². The van der Waals surface area contributed by atoms with Crippen molar-refractivity contribution in [3.05, 3.63) is 46.7 Å². The van der Waals surface area contributed by atoms with Gasteiger partial charge in [-0.1, -0.05) is 0 Å². The van der Waals surface area contributed by atoms with Crippen LogP contribution in [-0.4, -0.2) is 20.7 Å². The van der Waals surface area contributed by atoms with Crippen LogP contribution in [0.4, 0.5) is 28.9 Å². The number of hydrogen-bond acceptors (Lipinski definition) is 5. The van der Waals surface area contributed by atoms with Crippen LogP contribution in [0.25, 0.3) is 11.1 Å². The van der Waals surface area contributed by atoms with E-state index in [1.807, 2.05) is 0 Å². The van der Waals surface area contributed by atoms with E-state index < -0.39 is 35.5 Å². The zero-order valence-corrected chi connectivity index (χ0v) is 13.0. The number of rotatable bonds is 4. The molecule has 0 radical (unpaired) electrons. The van der Waals surface area contributed by atoms with Crippen LogP contribution in [0.2, 0.25) is 0 Å². The third kappa shape index (κ3) is 3.18. The van der Waals surface area contributed by atoms with E-state index in [1.54, 1.807) is 0 Å². The second-order valence-corrected chi connectivity index (χ2v) is 5.55. The van der Waals surface area contributed by atoms with Crippen LogP contribution < -0.4 is 11.1 Å². The molecule has 1 aromatic carbocycles. The summed E-state index contributed by atoms with van der Waals surface area (Å²) in [5.74, 6) is -3.17. The fraction of sp³-hybridized carbons (Fsp3) is 0.0714. The van der Waals surface area contributed by atoms with E-state index in [4.69, 9.17) is 5.73 Å². The molecule has 0 saturated carbocycles. The highest BCUT2D eigenvalue weighted by atomic mass is 32.1. The van der Waals surface area contributed by atoms with Crippen LogP contribution in [0.15, 0.2) is 29.4 Å². The van der Waals surface area contributed by atoms with Crippen molar-refractivity contribution < 1.29 is 22.4 Å². The molecule has 25 heavy (non-hydrogen) atoms. The predicted molar refractivity (Wildman–Crippen MR) is 83.3 cm³/mol. The van der Waals surface area contributed by atoms with Gasteiger partial charge in [0, 0.05) is 22.7 Å². The molecule has 130 valence electrons. The van der Waals surface area contributed by atoms with Crippen LogP contribution in [0.5, 0.6) is 0 Å². The number of amides is 1. The number of aromatic nitrogens is 3. The Morgan fingerprint density at radius 1 is 1.32 bits per heavy atom. The van der Waals surface area contributed by atoms with E-state index in [2.05, 4.69) is 15.4 Å². The average molecular weight is 371 g/mol. The first-order chi connectivity index (χ1) is 11.9. The van der Waals surface area contributed by atoms with Gasteiger partial charge in [-0.15, -0.1) is 11.3 Å². The van der Waals surface area contributed by atoms with Gasteiger partial charge in [-0.25, -0.2) is 18.4 Å². The SMILES string of the molecule is Nc1cc(-c2cnn(C(F)F)c2)c(F)c(NC(=O)c2cscn2)c1F. The summed E-state index contributed by atoms with van der Waals surface area (Å²) in [6.45, 7) is -2.92. The smallest absolute Gasteiger partial charge is 0.333 e. The maximum Gasteiger partial charge on any atom is 0.333 e. The predicted octanol–water partition coefficient (Wildman–Crippen LogP) is 3.51. The highest BCUT2D eigenvalue weighted by Crippen LogP contribution is 2.34. The summed E-state index contributed by atoms with van der Waals surface area (Å²) in [7, 11) is 0. The monoisotopic (exact) mass is 371 g/mol. The summed E-state index contributed by atoms with van der Waals surface area (Å²) >= 11 is 1.13. The number of carbonyl (C=O) groups is 1. The Kier molecular flexibility index (Phi) is 4.40. The molecular weight excluding hydrogens is 362 g/mol. The fourth-order valence-corrected chi connectivity index (χ4v) is 2.60. The Balaban J connectivity index is 2.03. The van der Waals surface area contributed by atoms with Crippen LogP contribution >= 0.6 is 11.3 Å². The molecule has 0 bridgehead atoms. The van der Waals surface area contributed by atoms with E-state index in [0.717, 1.165) is 29.8 Å². The number of carbonyl (C=O) groups excluding carboxylic acids is 1. The van der Waals surface area contributed by atoms with Gasteiger partial charge in [0.05, 0.1) is 17.4 Å². The lowest BCUT2D eigenvalue weighted by molar-refractivity contribution is 0.0566. The molecule has 0 fully saturated rings. The zero-order valence-electron chi connectivity index (χ0n) is 12.2. The van der Waals surface area contributed by atoms with Crippen molar-refractivity contribution >= 4 is 28.6 Å². The van der Waals surface area contributed by atoms with Gasteiger partial charge in [-0.3, -0.25) is 4.79 Å². The molecule has 11 heteroatoms. The van der Waals surface area contributed by atoms with Crippen molar-refractivity contribution in [3.8, 4) is 11.1 Å². The number of halogens is 4. The Morgan fingerprint density at radius 3 is 2.68 bits per heavy atom. The number of alkyl halides is 2. The minimum atomic E-state index is -2.92. The number of hydrogen-bond donors (Lipinski definition) is 2. The molecule has 0 atom stereocenters. The summed E-state index contributed by atoms with van der Waals surface area (Å²) < 4.78 is 54.3. The average Bonchev–Trinajstić information content (AvgIpc) is 3.26. The molecule has 6 nitrogen and oxygen atoms in total. The van der Waals surface area contributed by atoms with Crippen molar-refractivity contribution in [1.29, 1.82) is 0 Å². The van der Waals surface area contributed by atoms with Crippen LogP contribution in [0.1, 0.15) is 17.0 Å². The Bertz CT molecular complexity index is 926. The van der Waals surface area contributed by atoms with E-state index in [1.165, 1.54) is 10.9 Å².